The summed E-state index contributed by atoms with van der Waals surface area (Å²) in [7, 11) is 0. The van der Waals surface area contributed by atoms with Crippen LogP contribution in [0.15, 0.2) is 89.6 Å². The first-order valence-corrected chi connectivity index (χ1v) is 11.7. The Hall–Kier alpha value is -2.91. The van der Waals surface area contributed by atoms with Gasteiger partial charge in [-0.25, -0.2) is 0 Å². The van der Waals surface area contributed by atoms with Gasteiger partial charge in [0.15, 0.2) is 0 Å². The zero-order valence-corrected chi connectivity index (χ0v) is 18.6. The molecule has 0 amide bonds. The maximum atomic E-state index is 5.91. The van der Waals surface area contributed by atoms with Crippen molar-refractivity contribution < 1.29 is 0 Å². The lowest BCUT2D eigenvalue weighted by Crippen LogP contribution is -2.31. The summed E-state index contributed by atoms with van der Waals surface area (Å²) >= 11 is 5.91. The number of nitrogens with zero attached hydrogens (tertiary/aromatic N) is 1. The van der Waals surface area contributed by atoms with Gasteiger partial charge in [0, 0.05) is 30.0 Å². The quantitative estimate of drug-likeness (QED) is 0.446. The van der Waals surface area contributed by atoms with E-state index >= 15 is 0 Å². The molecule has 0 unspecified atom stereocenters. The SMILES string of the molecule is S=C(Nc1ccccc1)C1=C(N2CCCCC2)C(=Cc2cccc3ccccc23)CC1. The van der Waals surface area contributed by atoms with Gasteiger partial charge in [-0.05, 0) is 72.2 Å². The van der Waals surface area contributed by atoms with Crippen molar-refractivity contribution in [1.29, 1.82) is 0 Å². The summed E-state index contributed by atoms with van der Waals surface area (Å²) in [4.78, 5) is 3.45. The number of nitrogens with one attached hydrogen (secondary N) is 1. The van der Waals surface area contributed by atoms with Gasteiger partial charge in [-0.1, -0.05) is 72.9 Å². The van der Waals surface area contributed by atoms with Crippen LogP contribution in [-0.4, -0.2) is 23.0 Å². The molecule has 0 aromatic heterocycles. The Kier molecular flexibility index (Phi) is 5.86. The van der Waals surface area contributed by atoms with Crippen LogP contribution in [0, 0.1) is 0 Å². The largest absolute Gasteiger partial charge is 0.371 e. The number of hydrogen-bond acceptors (Lipinski definition) is 2. The first-order chi connectivity index (χ1) is 15.3. The number of benzene rings is 3. The number of anilines is 1. The van der Waals surface area contributed by atoms with Crippen LogP contribution >= 0.6 is 12.2 Å². The Morgan fingerprint density at radius 1 is 0.806 bits per heavy atom. The number of piperidine rings is 1. The molecule has 3 heteroatoms. The Labute approximate surface area is 190 Å². The number of likely N-dealkylation sites (tertiary alicyclic amines) is 1. The molecule has 1 fully saturated rings. The van der Waals surface area contributed by atoms with Crippen molar-refractivity contribution in [3.05, 3.63) is 95.2 Å². The highest BCUT2D eigenvalue weighted by atomic mass is 32.1. The molecular weight excluding hydrogens is 396 g/mol. The van der Waals surface area contributed by atoms with Crippen LogP contribution in [0.1, 0.15) is 37.7 Å². The Morgan fingerprint density at radius 2 is 1.55 bits per heavy atom. The van der Waals surface area contributed by atoms with E-state index in [4.69, 9.17) is 12.2 Å². The van der Waals surface area contributed by atoms with Gasteiger partial charge in [0.2, 0.25) is 0 Å². The summed E-state index contributed by atoms with van der Waals surface area (Å²) in [6, 6.07) is 25.5. The maximum Gasteiger partial charge on any atom is 0.108 e. The molecule has 1 heterocycles. The van der Waals surface area contributed by atoms with E-state index in [1.165, 1.54) is 52.4 Å². The highest BCUT2D eigenvalue weighted by molar-refractivity contribution is 7.81. The fraction of sp³-hybridized carbons (Fsp3) is 0.250. The van der Waals surface area contributed by atoms with Crippen LogP contribution in [0.25, 0.3) is 16.8 Å². The molecule has 0 bridgehead atoms. The van der Waals surface area contributed by atoms with E-state index in [1.54, 1.807) is 0 Å². The molecular formula is C28H28N2S. The third kappa shape index (κ3) is 4.28. The normalized spacial score (nSPS) is 18.1. The van der Waals surface area contributed by atoms with E-state index < -0.39 is 0 Å². The van der Waals surface area contributed by atoms with Crippen LogP contribution in [-0.2, 0) is 0 Å². The average molecular weight is 425 g/mol. The zero-order valence-electron chi connectivity index (χ0n) is 17.8. The molecule has 31 heavy (non-hydrogen) atoms. The van der Waals surface area contributed by atoms with E-state index in [0.29, 0.717) is 0 Å². The van der Waals surface area contributed by atoms with Crippen molar-refractivity contribution in [2.75, 3.05) is 18.4 Å². The molecule has 0 radical (unpaired) electrons. The second kappa shape index (κ2) is 9.07. The minimum absolute atomic E-state index is 0.869. The Bertz CT molecular complexity index is 1150. The third-order valence-corrected chi connectivity index (χ3v) is 6.71. The first-order valence-electron chi connectivity index (χ1n) is 11.3. The van der Waals surface area contributed by atoms with Gasteiger partial charge < -0.3 is 10.2 Å². The fourth-order valence-corrected chi connectivity index (χ4v) is 5.17. The average Bonchev–Trinajstić information content (AvgIpc) is 3.24. The minimum Gasteiger partial charge on any atom is -0.371 e. The summed E-state index contributed by atoms with van der Waals surface area (Å²) in [6.45, 7) is 2.25. The van der Waals surface area contributed by atoms with Gasteiger partial charge in [0.1, 0.15) is 4.99 Å². The monoisotopic (exact) mass is 424 g/mol. The summed E-state index contributed by atoms with van der Waals surface area (Å²) in [5.41, 5.74) is 6.45. The molecule has 3 aromatic carbocycles. The molecule has 0 saturated carbocycles. The highest BCUT2D eigenvalue weighted by Crippen LogP contribution is 2.38. The summed E-state index contributed by atoms with van der Waals surface area (Å²) in [5.74, 6) is 0. The van der Waals surface area contributed by atoms with E-state index in [2.05, 4.69) is 70.9 Å². The number of hydrogen-bond donors (Lipinski definition) is 1. The number of para-hydroxylation sites is 1. The van der Waals surface area contributed by atoms with Crippen LogP contribution in [0.3, 0.4) is 0 Å². The van der Waals surface area contributed by atoms with Crippen LogP contribution in [0.2, 0.25) is 0 Å². The van der Waals surface area contributed by atoms with Crippen molar-refractivity contribution in [1.82, 2.24) is 4.90 Å². The predicted octanol–water partition coefficient (Wildman–Crippen LogP) is 7.20. The summed E-state index contributed by atoms with van der Waals surface area (Å²) < 4.78 is 0. The van der Waals surface area contributed by atoms with Crippen molar-refractivity contribution in [3.8, 4) is 0 Å². The molecule has 2 aliphatic rings. The second-order valence-electron chi connectivity index (χ2n) is 8.43. The van der Waals surface area contributed by atoms with Crippen LogP contribution < -0.4 is 5.32 Å². The number of allylic oxidation sites excluding steroid dienone is 1. The molecule has 1 aliphatic heterocycles. The van der Waals surface area contributed by atoms with Crippen LogP contribution in [0.5, 0.6) is 0 Å². The Morgan fingerprint density at radius 3 is 2.39 bits per heavy atom. The van der Waals surface area contributed by atoms with Gasteiger partial charge in [-0.3, -0.25) is 0 Å². The van der Waals surface area contributed by atoms with Crippen molar-refractivity contribution in [3.63, 3.8) is 0 Å². The molecule has 1 saturated heterocycles. The molecule has 0 atom stereocenters. The van der Waals surface area contributed by atoms with Crippen LogP contribution in [0.4, 0.5) is 5.69 Å². The molecule has 156 valence electrons. The number of fused-ring (bicyclic) bond motifs is 1. The standard InChI is InChI=1S/C28H28N2S/c31-28(29-24-13-3-1-4-14-24)26-17-16-23(27(26)30-18-7-2-8-19-30)20-22-12-9-11-21-10-5-6-15-25(21)22/h1,3-6,9-15,20H,2,7-8,16-19H2,(H,29,31). The van der Waals surface area contributed by atoms with E-state index in [9.17, 15) is 0 Å². The fourth-order valence-electron chi connectivity index (χ4n) is 4.86. The lowest BCUT2D eigenvalue weighted by molar-refractivity contribution is 0.290. The Balaban J connectivity index is 1.55. The van der Waals surface area contributed by atoms with E-state index in [-0.39, 0.29) is 0 Å². The van der Waals surface area contributed by atoms with Crippen molar-refractivity contribution in [2.24, 2.45) is 0 Å². The highest BCUT2D eigenvalue weighted by Gasteiger charge is 2.28. The van der Waals surface area contributed by atoms with Gasteiger partial charge in [-0.15, -0.1) is 0 Å². The van der Waals surface area contributed by atoms with Crippen molar-refractivity contribution >= 4 is 39.7 Å². The van der Waals surface area contributed by atoms with Gasteiger partial charge in [0.05, 0.1) is 0 Å². The topological polar surface area (TPSA) is 15.3 Å². The smallest absolute Gasteiger partial charge is 0.108 e. The minimum atomic E-state index is 0.869. The molecule has 3 aromatic rings. The first kappa shape index (κ1) is 20.0. The summed E-state index contributed by atoms with van der Waals surface area (Å²) in [6.07, 6.45) is 8.30. The number of rotatable bonds is 4. The molecule has 1 aliphatic carbocycles. The maximum absolute atomic E-state index is 5.91. The molecule has 0 spiro atoms. The lowest BCUT2D eigenvalue weighted by atomic mass is 10.0. The molecule has 2 nitrogen and oxygen atoms in total. The third-order valence-electron chi connectivity index (χ3n) is 6.37. The summed E-state index contributed by atoms with van der Waals surface area (Å²) in [5, 5.41) is 6.09. The molecule has 1 N–H and O–H groups in total. The van der Waals surface area contributed by atoms with Gasteiger partial charge in [0.25, 0.3) is 0 Å². The lowest BCUT2D eigenvalue weighted by Gasteiger charge is -2.32. The van der Waals surface area contributed by atoms with E-state index in [1.807, 2.05) is 18.2 Å². The molecule has 5 rings (SSSR count). The van der Waals surface area contributed by atoms with Gasteiger partial charge in [-0.2, -0.15) is 0 Å². The van der Waals surface area contributed by atoms with Crippen molar-refractivity contribution in [2.45, 2.75) is 32.1 Å². The van der Waals surface area contributed by atoms with Gasteiger partial charge >= 0.3 is 0 Å². The number of thiocarbonyl (C=S) groups is 1. The van der Waals surface area contributed by atoms with E-state index in [0.717, 1.165) is 36.6 Å². The predicted molar refractivity (Wildman–Crippen MR) is 136 cm³/mol. The zero-order chi connectivity index (χ0) is 21.0. The second-order valence-corrected chi connectivity index (χ2v) is 8.84.